The number of carboxylic acids is 1. The highest BCUT2D eigenvalue weighted by atomic mass is 32.1. The maximum Gasteiger partial charge on any atom is 0.327 e. The first-order valence-electron chi connectivity index (χ1n) is 12.0. The van der Waals surface area contributed by atoms with Crippen LogP contribution in [0.25, 0.3) is 0 Å². The molecule has 1 heterocycles. The summed E-state index contributed by atoms with van der Waals surface area (Å²) in [5.74, 6) is -3.22. The zero-order chi connectivity index (χ0) is 27.2. The number of hydrogen-bond acceptors (Lipinski definition) is 8. The van der Waals surface area contributed by atoms with E-state index in [0.29, 0.717) is 25.1 Å². The van der Waals surface area contributed by atoms with Crippen LogP contribution >= 0.6 is 12.6 Å². The molecule has 0 spiro atoms. The number of imidazole rings is 1. The van der Waals surface area contributed by atoms with E-state index in [9.17, 15) is 24.3 Å². The van der Waals surface area contributed by atoms with Crippen LogP contribution in [-0.4, -0.2) is 75.2 Å². The second kappa shape index (κ2) is 15.6. The number of carbonyl (C=O) groups excluding carboxylic acids is 3. The summed E-state index contributed by atoms with van der Waals surface area (Å²) in [6.45, 7) is 0.486. The zero-order valence-corrected chi connectivity index (χ0v) is 21.3. The van der Waals surface area contributed by atoms with Gasteiger partial charge in [0.2, 0.25) is 17.7 Å². The lowest BCUT2D eigenvalue weighted by Gasteiger charge is -2.25. The van der Waals surface area contributed by atoms with Gasteiger partial charge in [-0.15, -0.1) is 0 Å². The smallest absolute Gasteiger partial charge is 0.327 e. The number of unbranched alkanes of at least 4 members (excludes halogenated alkanes) is 1. The van der Waals surface area contributed by atoms with Gasteiger partial charge in [0.25, 0.3) is 0 Å². The van der Waals surface area contributed by atoms with Gasteiger partial charge in [-0.3, -0.25) is 14.4 Å². The third-order valence-electron chi connectivity index (χ3n) is 5.63. The highest BCUT2D eigenvalue weighted by Gasteiger charge is 2.30. The molecular weight excluding hydrogens is 498 g/mol. The van der Waals surface area contributed by atoms with Crippen molar-refractivity contribution in [1.82, 2.24) is 25.9 Å². The van der Waals surface area contributed by atoms with E-state index in [1.807, 2.05) is 6.07 Å². The second-order valence-electron chi connectivity index (χ2n) is 8.57. The number of nitrogens with two attached hydrogens (primary N) is 2. The molecule has 3 amide bonds. The molecule has 2 aromatic rings. The standard InChI is InChI=1S/C24H35N7O5S/c25-9-5-4-8-17(26)21(32)29-19(11-16-12-27-14-28-16)23(34)30-18(10-15-6-2-1-3-7-15)22(33)31-20(13-37)24(35)36/h1-3,6-7,12,14,17-20,37H,4-5,8-11,13,25-26H2,(H,27,28)(H,29,32)(H,30,34)(H,31,33)(H,35,36). The Labute approximate surface area is 220 Å². The van der Waals surface area contributed by atoms with Crippen LogP contribution in [0.2, 0.25) is 0 Å². The Morgan fingerprint density at radius 2 is 1.57 bits per heavy atom. The van der Waals surface area contributed by atoms with Gasteiger partial charge in [-0.2, -0.15) is 12.6 Å². The molecule has 202 valence electrons. The molecule has 13 heteroatoms. The van der Waals surface area contributed by atoms with E-state index in [1.165, 1.54) is 12.5 Å². The van der Waals surface area contributed by atoms with Gasteiger partial charge in [-0.25, -0.2) is 9.78 Å². The Kier molecular flexibility index (Phi) is 12.6. The summed E-state index contributed by atoms with van der Waals surface area (Å²) in [6.07, 6.45) is 4.92. The molecule has 0 radical (unpaired) electrons. The van der Waals surface area contributed by atoms with Crippen LogP contribution in [0, 0.1) is 0 Å². The van der Waals surface area contributed by atoms with Gasteiger partial charge < -0.3 is 37.5 Å². The third-order valence-corrected chi connectivity index (χ3v) is 6.00. The maximum absolute atomic E-state index is 13.4. The number of carboxylic acid groups (broad SMARTS) is 1. The lowest BCUT2D eigenvalue weighted by atomic mass is 10.0. The van der Waals surface area contributed by atoms with Crippen molar-refractivity contribution in [3.8, 4) is 0 Å². The molecule has 37 heavy (non-hydrogen) atoms. The number of benzene rings is 1. The summed E-state index contributed by atoms with van der Waals surface area (Å²) in [7, 11) is 0. The molecule has 0 saturated heterocycles. The van der Waals surface area contributed by atoms with Crippen molar-refractivity contribution >= 4 is 36.3 Å². The molecule has 0 aliphatic carbocycles. The van der Waals surface area contributed by atoms with E-state index < -0.39 is 47.9 Å². The SMILES string of the molecule is NCCCCC(N)C(=O)NC(Cc1cnc[nH]1)C(=O)NC(Cc1ccccc1)C(=O)NC(CS)C(=O)O. The van der Waals surface area contributed by atoms with Gasteiger partial charge in [-0.1, -0.05) is 36.8 Å². The van der Waals surface area contributed by atoms with Crippen molar-refractivity contribution < 1.29 is 24.3 Å². The normalized spacial score (nSPS) is 14.1. The monoisotopic (exact) mass is 533 g/mol. The van der Waals surface area contributed by atoms with Gasteiger partial charge in [0.15, 0.2) is 0 Å². The number of aliphatic carboxylic acids is 1. The summed E-state index contributed by atoms with van der Waals surface area (Å²) < 4.78 is 0. The van der Waals surface area contributed by atoms with Gasteiger partial charge >= 0.3 is 5.97 Å². The lowest BCUT2D eigenvalue weighted by molar-refractivity contribution is -0.141. The number of aromatic amines is 1. The summed E-state index contributed by atoms with van der Waals surface area (Å²) in [5.41, 5.74) is 12.8. The molecule has 12 nitrogen and oxygen atoms in total. The molecular formula is C24H35N7O5S. The van der Waals surface area contributed by atoms with E-state index in [4.69, 9.17) is 11.5 Å². The van der Waals surface area contributed by atoms with Crippen LogP contribution < -0.4 is 27.4 Å². The first-order chi connectivity index (χ1) is 17.7. The fourth-order valence-corrected chi connectivity index (χ4v) is 3.78. The molecule has 1 aromatic carbocycles. The number of thiol groups is 1. The third kappa shape index (κ3) is 10.2. The van der Waals surface area contributed by atoms with E-state index in [0.717, 1.165) is 12.0 Å². The minimum Gasteiger partial charge on any atom is -0.480 e. The van der Waals surface area contributed by atoms with Gasteiger partial charge in [-0.05, 0) is 24.9 Å². The fraction of sp³-hybridized carbons (Fsp3) is 0.458. The van der Waals surface area contributed by atoms with Crippen molar-refractivity contribution in [2.24, 2.45) is 11.5 Å². The molecule has 4 unspecified atom stereocenters. The number of nitrogens with zero attached hydrogens (tertiary/aromatic N) is 1. The van der Waals surface area contributed by atoms with Crippen molar-refractivity contribution in [3.63, 3.8) is 0 Å². The first-order valence-corrected chi connectivity index (χ1v) is 12.6. The number of hydrogen-bond donors (Lipinski definition) is 8. The number of H-pyrrole nitrogens is 1. The molecule has 0 aliphatic heterocycles. The summed E-state index contributed by atoms with van der Waals surface area (Å²) >= 11 is 3.98. The number of nitrogens with one attached hydrogen (secondary N) is 4. The van der Waals surface area contributed by atoms with Crippen LogP contribution in [0.3, 0.4) is 0 Å². The molecule has 9 N–H and O–H groups in total. The molecule has 1 aromatic heterocycles. The molecule has 2 rings (SSSR count). The van der Waals surface area contributed by atoms with Crippen molar-refractivity contribution in [3.05, 3.63) is 54.1 Å². The topological polar surface area (TPSA) is 205 Å². The molecule has 4 atom stereocenters. The Morgan fingerprint density at radius 1 is 0.946 bits per heavy atom. The Balaban J connectivity index is 2.21. The molecule has 0 bridgehead atoms. The van der Waals surface area contributed by atoms with Crippen LogP contribution in [-0.2, 0) is 32.0 Å². The largest absolute Gasteiger partial charge is 0.480 e. The highest BCUT2D eigenvalue weighted by molar-refractivity contribution is 7.80. The predicted octanol–water partition coefficient (Wildman–Crippen LogP) is -0.880. The minimum atomic E-state index is -1.25. The Bertz CT molecular complexity index is 1010. The highest BCUT2D eigenvalue weighted by Crippen LogP contribution is 2.07. The summed E-state index contributed by atoms with van der Waals surface area (Å²) in [6, 6.07) is 4.69. The number of aromatic nitrogens is 2. The second-order valence-corrected chi connectivity index (χ2v) is 8.93. The Morgan fingerprint density at radius 3 is 2.14 bits per heavy atom. The lowest BCUT2D eigenvalue weighted by Crippen LogP contribution is -2.58. The van der Waals surface area contributed by atoms with Gasteiger partial charge in [0.1, 0.15) is 18.1 Å². The van der Waals surface area contributed by atoms with E-state index in [2.05, 4.69) is 38.5 Å². The van der Waals surface area contributed by atoms with E-state index in [1.54, 1.807) is 24.3 Å². The van der Waals surface area contributed by atoms with Gasteiger partial charge in [0.05, 0.1) is 12.4 Å². The fourth-order valence-electron chi connectivity index (χ4n) is 3.53. The van der Waals surface area contributed by atoms with E-state index in [-0.39, 0.29) is 18.6 Å². The minimum absolute atomic E-state index is 0.0706. The zero-order valence-electron chi connectivity index (χ0n) is 20.4. The molecule has 0 aliphatic rings. The number of carbonyl (C=O) groups is 4. The van der Waals surface area contributed by atoms with Crippen LogP contribution in [0.4, 0.5) is 0 Å². The van der Waals surface area contributed by atoms with Crippen LogP contribution in [0.1, 0.15) is 30.5 Å². The predicted molar refractivity (Wildman–Crippen MR) is 141 cm³/mol. The molecule has 0 saturated carbocycles. The van der Waals surface area contributed by atoms with Crippen molar-refractivity contribution in [2.75, 3.05) is 12.3 Å². The summed E-state index contributed by atoms with van der Waals surface area (Å²) in [5, 5.41) is 17.0. The van der Waals surface area contributed by atoms with E-state index >= 15 is 0 Å². The summed E-state index contributed by atoms with van der Waals surface area (Å²) in [4.78, 5) is 57.3. The van der Waals surface area contributed by atoms with Crippen molar-refractivity contribution in [2.45, 2.75) is 56.3 Å². The first kappa shape index (κ1) is 29.8. The van der Waals surface area contributed by atoms with Crippen LogP contribution in [0.15, 0.2) is 42.9 Å². The number of amides is 3. The number of rotatable bonds is 16. The van der Waals surface area contributed by atoms with Crippen LogP contribution in [0.5, 0.6) is 0 Å². The van der Waals surface area contributed by atoms with Gasteiger partial charge in [0, 0.05) is 30.5 Å². The maximum atomic E-state index is 13.4. The average Bonchev–Trinajstić information content (AvgIpc) is 3.39. The quantitative estimate of drug-likeness (QED) is 0.100. The Hall–Kier alpha value is -3.42. The molecule has 0 fully saturated rings. The van der Waals surface area contributed by atoms with Crippen molar-refractivity contribution in [1.29, 1.82) is 0 Å². The average molecular weight is 534 g/mol.